The molecule has 0 aromatic heterocycles. The summed E-state index contributed by atoms with van der Waals surface area (Å²) in [4.78, 5) is 26.0. The van der Waals surface area contributed by atoms with Gasteiger partial charge in [-0.2, -0.15) is 0 Å². The Labute approximate surface area is 153 Å². The summed E-state index contributed by atoms with van der Waals surface area (Å²) >= 11 is 12.0. The Hall–Kier alpha value is -1.26. The SMILES string of the molecule is CCCC(=O)NC1CCCN(C(=O)CCc2ccc(Cl)cc2Cl)C1. The molecule has 1 heterocycles. The Kier molecular flexibility index (Phi) is 7.38. The van der Waals surface area contributed by atoms with Crippen molar-refractivity contribution in [3.8, 4) is 0 Å². The number of piperidine rings is 1. The molecule has 6 heteroatoms. The Morgan fingerprint density at radius 2 is 2.08 bits per heavy atom. The Bertz CT molecular complexity index is 592. The normalized spacial score (nSPS) is 17.6. The Morgan fingerprint density at radius 1 is 1.29 bits per heavy atom. The fourth-order valence-electron chi connectivity index (χ4n) is 2.97. The molecule has 1 aromatic rings. The van der Waals surface area contributed by atoms with E-state index in [1.54, 1.807) is 12.1 Å². The van der Waals surface area contributed by atoms with E-state index in [1.807, 2.05) is 17.9 Å². The van der Waals surface area contributed by atoms with Crippen LogP contribution >= 0.6 is 23.2 Å². The van der Waals surface area contributed by atoms with Crippen LogP contribution in [0.5, 0.6) is 0 Å². The molecule has 0 radical (unpaired) electrons. The lowest BCUT2D eigenvalue weighted by Crippen LogP contribution is -2.49. The van der Waals surface area contributed by atoms with Crippen LogP contribution in [-0.2, 0) is 16.0 Å². The largest absolute Gasteiger partial charge is 0.352 e. The van der Waals surface area contributed by atoms with Gasteiger partial charge in [-0.05, 0) is 43.4 Å². The molecular weight excluding hydrogens is 347 g/mol. The monoisotopic (exact) mass is 370 g/mol. The van der Waals surface area contributed by atoms with Crippen LogP contribution in [-0.4, -0.2) is 35.8 Å². The lowest BCUT2D eigenvalue weighted by molar-refractivity contribution is -0.133. The summed E-state index contributed by atoms with van der Waals surface area (Å²) in [7, 11) is 0. The van der Waals surface area contributed by atoms with Crippen LogP contribution in [0.3, 0.4) is 0 Å². The van der Waals surface area contributed by atoms with Gasteiger partial charge in [-0.3, -0.25) is 9.59 Å². The third kappa shape index (κ3) is 5.67. The minimum Gasteiger partial charge on any atom is -0.352 e. The molecule has 4 nitrogen and oxygen atoms in total. The quantitative estimate of drug-likeness (QED) is 0.826. The highest BCUT2D eigenvalue weighted by Gasteiger charge is 2.24. The summed E-state index contributed by atoms with van der Waals surface area (Å²) in [5.41, 5.74) is 0.930. The minimum absolute atomic E-state index is 0.0702. The summed E-state index contributed by atoms with van der Waals surface area (Å²) in [6.07, 6.45) is 4.24. The lowest BCUT2D eigenvalue weighted by Gasteiger charge is -2.33. The van der Waals surface area contributed by atoms with Crippen molar-refractivity contribution in [1.82, 2.24) is 10.2 Å². The highest BCUT2D eigenvalue weighted by Crippen LogP contribution is 2.22. The summed E-state index contributed by atoms with van der Waals surface area (Å²) in [5.74, 6) is 0.181. The molecule has 0 spiro atoms. The molecule has 132 valence electrons. The van der Waals surface area contributed by atoms with Crippen LogP contribution in [0.4, 0.5) is 0 Å². The zero-order valence-electron chi connectivity index (χ0n) is 14.0. The van der Waals surface area contributed by atoms with E-state index in [0.717, 1.165) is 31.4 Å². The van der Waals surface area contributed by atoms with Gasteiger partial charge in [0.2, 0.25) is 11.8 Å². The molecule has 24 heavy (non-hydrogen) atoms. The van der Waals surface area contributed by atoms with Gasteiger partial charge in [0.1, 0.15) is 0 Å². The first-order valence-corrected chi connectivity index (χ1v) is 9.26. The number of halogens is 2. The number of hydrogen-bond donors (Lipinski definition) is 1. The third-order valence-corrected chi connectivity index (χ3v) is 4.83. The molecule has 1 aliphatic rings. The standard InChI is InChI=1S/C18H24Cl2N2O2/c1-2-4-17(23)21-15-5-3-10-22(12-15)18(24)9-7-13-6-8-14(19)11-16(13)20/h6,8,11,15H,2-5,7,9-10,12H2,1H3,(H,21,23). The van der Waals surface area contributed by atoms with Gasteiger partial charge >= 0.3 is 0 Å². The second kappa shape index (κ2) is 9.28. The number of nitrogens with zero attached hydrogens (tertiary/aromatic N) is 1. The van der Waals surface area contributed by atoms with E-state index in [9.17, 15) is 9.59 Å². The van der Waals surface area contributed by atoms with Gasteiger partial charge in [0.15, 0.2) is 0 Å². The molecule has 1 saturated heterocycles. The van der Waals surface area contributed by atoms with Crippen molar-refractivity contribution < 1.29 is 9.59 Å². The average Bonchev–Trinajstić information content (AvgIpc) is 2.54. The first-order valence-electron chi connectivity index (χ1n) is 8.50. The molecule has 0 saturated carbocycles. The molecule has 0 aliphatic carbocycles. The molecule has 1 N–H and O–H groups in total. The van der Waals surface area contributed by atoms with E-state index < -0.39 is 0 Å². The highest BCUT2D eigenvalue weighted by molar-refractivity contribution is 6.35. The summed E-state index contributed by atoms with van der Waals surface area (Å²) < 4.78 is 0. The predicted molar refractivity (Wildman–Crippen MR) is 97.4 cm³/mol. The molecule has 1 unspecified atom stereocenters. The summed E-state index contributed by atoms with van der Waals surface area (Å²) in [6, 6.07) is 5.42. The van der Waals surface area contributed by atoms with Crippen molar-refractivity contribution in [2.45, 2.75) is 51.5 Å². The Balaban J connectivity index is 1.84. The van der Waals surface area contributed by atoms with E-state index >= 15 is 0 Å². The zero-order chi connectivity index (χ0) is 17.5. The van der Waals surface area contributed by atoms with Crippen LogP contribution in [0, 0.1) is 0 Å². The van der Waals surface area contributed by atoms with E-state index in [-0.39, 0.29) is 17.9 Å². The lowest BCUT2D eigenvalue weighted by atomic mass is 10.0. The smallest absolute Gasteiger partial charge is 0.222 e. The van der Waals surface area contributed by atoms with Crippen molar-refractivity contribution in [2.24, 2.45) is 0 Å². The number of hydrogen-bond acceptors (Lipinski definition) is 2. The van der Waals surface area contributed by atoms with Gasteiger partial charge in [-0.1, -0.05) is 36.2 Å². The maximum absolute atomic E-state index is 12.5. The van der Waals surface area contributed by atoms with E-state index in [0.29, 0.717) is 35.9 Å². The summed E-state index contributed by atoms with van der Waals surface area (Å²) in [6.45, 7) is 3.34. The maximum atomic E-state index is 12.5. The van der Waals surface area contributed by atoms with Gasteiger partial charge in [0.25, 0.3) is 0 Å². The van der Waals surface area contributed by atoms with Gasteiger partial charge in [0, 0.05) is 42.0 Å². The van der Waals surface area contributed by atoms with Crippen LogP contribution < -0.4 is 5.32 Å². The fourth-order valence-corrected chi connectivity index (χ4v) is 3.48. The number of nitrogens with one attached hydrogen (secondary N) is 1. The van der Waals surface area contributed by atoms with Crippen LogP contribution in [0.2, 0.25) is 10.0 Å². The van der Waals surface area contributed by atoms with Gasteiger partial charge in [-0.25, -0.2) is 0 Å². The number of amides is 2. The number of carbonyl (C=O) groups excluding carboxylic acids is 2. The van der Waals surface area contributed by atoms with Crippen molar-refractivity contribution in [3.63, 3.8) is 0 Å². The number of carbonyl (C=O) groups is 2. The molecule has 2 rings (SSSR count). The van der Waals surface area contributed by atoms with Crippen molar-refractivity contribution in [1.29, 1.82) is 0 Å². The van der Waals surface area contributed by atoms with Gasteiger partial charge in [-0.15, -0.1) is 0 Å². The zero-order valence-corrected chi connectivity index (χ0v) is 15.5. The second-order valence-electron chi connectivity index (χ2n) is 6.23. The van der Waals surface area contributed by atoms with Gasteiger partial charge < -0.3 is 10.2 Å². The number of aryl methyl sites for hydroxylation is 1. The highest BCUT2D eigenvalue weighted by atomic mass is 35.5. The maximum Gasteiger partial charge on any atom is 0.222 e. The van der Waals surface area contributed by atoms with Crippen molar-refractivity contribution in [2.75, 3.05) is 13.1 Å². The van der Waals surface area contributed by atoms with E-state index in [2.05, 4.69) is 5.32 Å². The number of benzene rings is 1. The number of rotatable bonds is 6. The van der Waals surface area contributed by atoms with E-state index in [1.165, 1.54) is 0 Å². The van der Waals surface area contributed by atoms with Crippen LogP contribution in [0.15, 0.2) is 18.2 Å². The first-order chi connectivity index (χ1) is 11.5. The fraction of sp³-hybridized carbons (Fsp3) is 0.556. The Morgan fingerprint density at radius 3 is 2.79 bits per heavy atom. The molecule has 2 amide bonds. The molecule has 1 fully saturated rings. The van der Waals surface area contributed by atoms with Crippen LogP contribution in [0.1, 0.15) is 44.6 Å². The van der Waals surface area contributed by atoms with Crippen molar-refractivity contribution >= 4 is 35.0 Å². The molecule has 0 bridgehead atoms. The molecule has 1 atom stereocenters. The molecule has 1 aromatic carbocycles. The topological polar surface area (TPSA) is 49.4 Å². The predicted octanol–water partition coefficient (Wildman–Crippen LogP) is 3.83. The van der Waals surface area contributed by atoms with Crippen LogP contribution in [0.25, 0.3) is 0 Å². The summed E-state index contributed by atoms with van der Waals surface area (Å²) in [5, 5.41) is 4.22. The first kappa shape index (κ1) is 19.1. The third-order valence-electron chi connectivity index (χ3n) is 4.24. The van der Waals surface area contributed by atoms with E-state index in [4.69, 9.17) is 23.2 Å². The average molecular weight is 371 g/mol. The number of likely N-dealkylation sites (tertiary alicyclic amines) is 1. The van der Waals surface area contributed by atoms with Crippen molar-refractivity contribution in [3.05, 3.63) is 33.8 Å². The van der Waals surface area contributed by atoms with Gasteiger partial charge in [0.05, 0.1) is 0 Å². The molecular formula is C18H24Cl2N2O2. The minimum atomic E-state index is 0.0702. The molecule has 1 aliphatic heterocycles. The second-order valence-corrected chi connectivity index (χ2v) is 7.08.